The van der Waals surface area contributed by atoms with E-state index >= 15 is 0 Å². The number of esters is 1. The molecule has 5 fully saturated rings. The Balaban J connectivity index is 1.42. The number of carbonyl (C=O) groups excluding carboxylic acids is 1. The van der Waals surface area contributed by atoms with Crippen LogP contribution in [0.3, 0.4) is 0 Å². The fraction of sp³-hybridized carbons (Fsp3) is 0.952. The van der Waals surface area contributed by atoms with Crippen LogP contribution in [0.4, 0.5) is 0 Å². The Morgan fingerprint density at radius 1 is 1.08 bits per heavy atom. The van der Waals surface area contributed by atoms with Gasteiger partial charge in [-0.05, 0) is 52.4 Å². The highest BCUT2D eigenvalue weighted by Crippen LogP contribution is 2.66. The number of quaternary nitrogens is 1. The number of hydrogen-bond acceptors (Lipinski definition) is 4. The highest BCUT2D eigenvalue weighted by molar-refractivity contribution is 5.77. The Kier molecular flexibility index (Phi) is 3.81. The van der Waals surface area contributed by atoms with E-state index in [2.05, 4.69) is 27.7 Å². The molecule has 1 N–H and O–H groups in total. The summed E-state index contributed by atoms with van der Waals surface area (Å²) in [5.74, 6) is 1.53. The zero-order valence-corrected chi connectivity index (χ0v) is 16.6. The number of nitrogens with one attached hydrogen (secondary N) is 1. The minimum absolute atomic E-state index is 0.0315. The van der Waals surface area contributed by atoms with E-state index in [9.17, 15) is 4.79 Å². The predicted octanol–water partition coefficient (Wildman–Crippen LogP) is 1.20. The molecule has 0 amide bonds. The third-order valence-corrected chi connectivity index (χ3v) is 8.22. The number of fused-ring (bicyclic) bond motifs is 1. The van der Waals surface area contributed by atoms with Gasteiger partial charge < -0.3 is 19.1 Å². The van der Waals surface area contributed by atoms with Crippen LogP contribution in [0.15, 0.2) is 0 Å². The van der Waals surface area contributed by atoms with Gasteiger partial charge in [0.15, 0.2) is 0 Å². The first-order chi connectivity index (χ1) is 12.3. The second-order valence-corrected chi connectivity index (χ2v) is 10.1. The second kappa shape index (κ2) is 5.68. The third kappa shape index (κ3) is 2.36. The van der Waals surface area contributed by atoms with Gasteiger partial charge in [-0.15, -0.1) is 0 Å². The van der Waals surface area contributed by atoms with E-state index in [-0.39, 0.29) is 41.4 Å². The number of carbonyl (C=O) groups is 1. The van der Waals surface area contributed by atoms with Gasteiger partial charge in [0.1, 0.15) is 42.9 Å². The molecule has 2 aliphatic carbocycles. The zero-order chi connectivity index (χ0) is 18.3. The normalized spacial score (nSPS) is 58.4. The average Bonchev–Trinajstić information content (AvgIpc) is 3.18. The first kappa shape index (κ1) is 17.4. The number of ether oxygens (including phenoxy) is 3. The molecule has 0 unspecified atom stereocenters. The maximum atomic E-state index is 13.1. The van der Waals surface area contributed by atoms with Crippen molar-refractivity contribution in [1.82, 2.24) is 0 Å². The Morgan fingerprint density at radius 2 is 1.81 bits per heavy atom. The van der Waals surface area contributed by atoms with E-state index in [1.807, 2.05) is 0 Å². The van der Waals surface area contributed by atoms with Crippen molar-refractivity contribution in [3.05, 3.63) is 0 Å². The van der Waals surface area contributed by atoms with Crippen LogP contribution in [0, 0.1) is 23.7 Å². The highest BCUT2D eigenvalue weighted by atomic mass is 16.7. The van der Waals surface area contributed by atoms with Crippen molar-refractivity contribution in [2.75, 3.05) is 19.6 Å². The topological polar surface area (TPSA) is 52.5 Å². The summed E-state index contributed by atoms with van der Waals surface area (Å²) in [6, 6.07) is 0. The molecule has 146 valence electrons. The van der Waals surface area contributed by atoms with Gasteiger partial charge in [-0.25, -0.2) is 0 Å². The van der Waals surface area contributed by atoms with Crippen molar-refractivity contribution in [3.63, 3.8) is 0 Å². The maximum absolute atomic E-state index is 13.1. The lowest BCUT2D eigenvalue weighted by molar-refractivity contribution is -0.917. The predicted molar refractivity (Wildman–Crippen MR) is 95.8 cm³/mol. The van der Waals surface area contributed by atoms with Gasteiger partial charge in [0.05, 0.1) is 12.1 Å². The van der Waals surface area contributed by atoms with Crippen LogP contribution >= 0.6 is 0 Å². The lowest BCUT2D eigenvalue weighted by Gasteiger charge is -2.50. The molecule has 0 aromatic heterocycles. The van der Waals surface area contributed by atoms with E-state index < -0.39 is 0 Å². The van der Waals surface area contributed by atoms with Gasteiger partial charge in [-0.2, -0.15) is 0 Å². The summed E-state index contributed by atoms with van der Waals surface area (Å²) in [5.41, 5.74) is -0.384. The second-order valence-electron chi connectivity index (χ2n) is 10.1. The smallest absolute Gasteiger partial charge is 0.315 e. The van der Waals surface area contributed by atoms with Crippen LogP contribution in [-0.4, -0.2) is 55.1 Å². The standard InChI is InChI=1S/C21H33NO4/c1-12-5-6-17-15(11-22-9-13(2)24-14(3)10-22)18(23)25-21(17)16(12)7-8-20(4)19(21)26-20/h12-17,19H,5-11H2,1-4H3/p+1/t12-,13-,14-,15+,16+,17+,19-,20-,21-/m1/s1. The van der Waals surface area contributed by atoms with Crippen LogP contribution in [0.5, 0.6) is 0 Å². The Morgan fingerprint density at radius 3 is 2.54 bits per heavy atom. The average molecular weight is 365 g/mol. The van der Waals surface area contributed by atoms with Gasteiger partial charge in [-0.1, -0.05) is 6.92 Å². The zero-order valence-electron chi connectivity index (χ0n) is 16.6. The van der Waals surface area contributed by atoms with Crippen molar-refractivity contribution in [2.24, 2.45) is 23.7 Å². The van der Waals surface area contributed by atoms with E-state index in [4.69, 9.17) is 14.2 Å². The van der Waals surface area contributed by atoms with E-state index in [0.717, 1.165) is 38.9 Å². The lowest BCUT2D eigenvalue weighted by atomic mass is 9.55. The van der Waals surface area contributed by atoms with Crippen LogP contribution in [0.2, 0.25) is 0 Å². The van der Waals surface area contributed by atoms with Crippen molar-refractivity contribution in [2.45, 2.75) is 82.9 Å². The fourth-order valence-electron chi connectivity index (χ4n) is 7.15. The summed E-state index contributed by atoms with van der Waals surface area (Å²) in [4.78, 5) is 14.6. The highest BCUT2D eigenvalue weighted by Gasteiger charge is 2.77. The summed E-state index contributed by atoms with van der Waals surface area (Å²) < 4.78 is 18.4. The molecule has 0 bridgehead atoms. The van der Waals surface area contributed by atoms with Crippen LogP contribution < -0.4 is 4.90 Å². The molecule has 3 aliphatic heterocycles. The van der Waals surface area contributed by atoms with Gasteiger partial charge >= 0.3 is 5.97 Å². The molecule has 2 saturated carbocycles. The SMILES string of the molecule is C[C@@H]1C[NH+](C[C@@H]2C(=O)O[C@@]34[C@@H](CC[C@@]5(C)O[C@@H]35)[C@H](C)CC[C@@H]24)C[C@@H](C)O1. The third-order valence-electron chi connectivity index (χ3n) is 8.22. The molecule has 9 atom stereocenters. The molecule has 3 saturated heterocycles. The minimum Gasteiger partial charge on any atom is -0.455 e. The summed E-state index contributed by atoms with van der Waals surface area (Å²) in [6.45, 7) is 11.7. The van der Waals surface area contributed by atoms with Crippen molar-refractivity contribution in [3.8, 4) is 0 Å². The quantitative estimate of drug-likeness (QED) is 0.591. The van der Waals surface area contributed by atoms with Gasteiger partial charge in [0, 0.05) is 11.8 Å². The maximum Gasteiger partial charge on any atom is 0.315 e. The van der Waals surface area contributed by atoms with Crippen LogP contribution in [0.25, 0.3) is 0 Å². The molecule has 5 aliphatic rings. The number of morpholine rings is 1. The molecule has 5 heteroatoms. The molecule has 0 radical (unpaired) electrons. The molecule has 5 rings (SSSR count). The van der Waals surface area contributed by atoms with Crippen LogP contribution in [-0.2, 0) is 19.0 Å². The number of epoxide rings is 1. The molecule has 5 nitrogen and oxygen atoms in total. The summed E-state index contributed by atoms with van der Waals surface area (Å²) in [5, 5.41) is 0. The lowest BCUT2D eigenvalue weighted by Crippen LogP contribution is -3.16. The van der Waals surface area contributed by atoms with Crippen LogP contribution in [0.1, 0.15) is 53.4 Å². The molecule has 1 spiro atoms. The molecular weight excluding hydrogens is 330 g/mol. The van der Waals surface area contributed by atoms with Crippen molar-refractivity contribution in [1.29, 1.82) is 0 Å². The van der Waals surface area contributed by atoms with Gasteiger partial charge in [0.2, 0.25) is 0 Å². The number of rotatable bonds is 2. The Hall–Kier alpha value is -0.650. The van der Waals surface area contributed by atoms with Crippen molar-refractivity contribution >= 4 is 5.97 Å². The summed E-state index contributed by atoms with van der Waals surface area (Å²) in [7, 11) is 0. The Labute approximate surface area is 156 Å². The van der Waals surface area contributed by atoms with Gasteiger partial charge in [0.25, 0.3) is 0 Å². The summed E-state index contributed by atoms with van der Waals surface area (Å²) >= 11 is 0. The first-order valence-corrected chi connectivity index (χ1v) is 10.7. The minimum atomic E-state index is -0.338. The molecule has 0 aromatic rings. The van der Waals surface area contributed by atoms with E-state index in [0.29, 0.717) is 17.8 Å². The number of hydrogen-bond donors (Lipinski definition) is 1. The largest absolute Gasteiger partial charge is 0.455 e. The fourth-order valence-corrected chi connectivity index (χ4v) is 7.15. The van der Waals surface area contributed by atoms with Gasteiger partial charge in [-0.3, -0.25) is 4.79 Å². The molecule has 0 aromatic carbocycles. The summed E-state index contributed by atoms with van der Waals surface area (Å²) in [6.07, 6.45) is 5.26. The molecule has 3 heterocycles. The monoisotopic (exact) mass is 364 g/mol. The van der Waals surface area contributed by atoms with Crippen molar-refractivity contribution < 1.29 is 23.9 Å². The van der Waals surface area contributed by atoms with E-state index in [1.165, 1.54) is 11.3 Å². The van der Waals surface area contributed by atoms with E-state index in [1.54, 1.807) is 0 Å². The Bertz CT molecular complexity index is 601. The molecular formula is C21H34NO4+. The molecule has 26 heavy (non-hydrogen) atoms. The first-order valence-electron chi connectivity index (χ1n) is 10.7.